The molecule has 0 saturated carbocycles. The summed E-state index contributed by atoms with van der Waals surface area (Å²) in [6.07, 6.45) is -0.828. The summed E-state index contributed by atoms with van der Waals surface area (Å²) < 4.78 is 10.4. The molecule has 14 nitrogen and oxygen atoms in total. The van der Waals surface area contributed by atoms with E-state index in [1.54, 1.807) is 0 Å². The van der Waals surface area contributed by atoms with E-state index < -0.39 is 34.2 Å². The van der Waals surface area contributed by atoms with Crippen molar-refractivity contribution in [3.63, 3.8) is 0 Å². The van der Waals surface area contributed by atoms with Crippen molar-refractivity contribution in [1.82, 2.24) is 9.91 Å². The lowest BCUT2D eigenvalue weighted by atomic mass is 10.2. The highest BCUT2D eigenvalue weighted by Gasteiger charge is 2.34. The molecule has 1 heterocycles. The first-order chi connectivity index (χ1) is 17.1. The van der Waals surface area contributed by atoms with Gasteiger partial charge in [-0.15, -0.1) is 0 Å². The molecule has 1 fully saturated rings. The minimum Gasteiger partial charge on any atom is -0.445 e. The minimum atomic E-state index is -0.812. The van der Waals surface area contributed by atoms with Crippen molar-refractivity contribution in [2.45, 2.75) is 31.8 Å². The monoisotopic (exact) mass is 501 g/mol. The fraction of sp³-hybridized carbons (Fsp3) is 0.318. The maximum Gasteiger partial charge on any atom is 0.430 e. The van der Waals surface area contributed by atoms with Crippen LogP contribution in [0.2, 0.25) is 0 Å². The highest BCUT2D eigenvalue weighted by atomic mass is 16.6. The van der Waals surface area contributed by atoms with Crippen molar-refractivity contribution in [1.29, 1.82) is 0 Å². The van der Waals surface area contributed by atoms with Crippen molar-refractivity contribution >= 4 is 29.8 Å². The molecule has 2 atom stereocenters. The molecule has 36 heavy (non-hydrogen) atoms. The van der Waals surface area contributed by atoms with Gasteiger partial charge in [0.25, 0.3) is 11.4 Å². The number of nitro benzene ring substituents is 2. The number of rotatable bonds is 8. The topological polar surface area (TPSA) is 178 Å². The number of benzene rings is 2. The number of aliphatic hydroxyl groups excluding tert-OH is 1. The van der Waals surface area contributed by atoms with Crippen LogP contribution in [-0.4, -0.2) is 69.0 Å². The van der Waals surface area contributed by atoms with E-state index in [-0.39, 0.29) is 37.6 Å². The van der Waals surface area contributed by atoms with Crippen molar-refractivity contribution in [2.75, 3.05) is 13.6 Å². The highest BCUT2D eigenvalue weighted by Crippen LogP contribution is 2.19. The fourth-order valence-electron chi connectivity index (χ4n) is 3.31. The summed E-state index contributed by atoms with van der Waals surface area (Å²) in [6, 6.07) is 10.4. The van der Waals surface area contributed by atoms with Crippen LogP contribution in [0.1, 0.15) is 17.5 Å². The van der Waals surface area contributed by atoms with Crippen LogP contribution in [0.15, 0.2) is 53.6 Å². The van der Waals surface area contributed by atoms with Gasteiger partial charge in [0.15, 0.2) is 0 Å². The van der Waals surface area contributed by atoms with Gasteiger partial charge in [0.2, 0.25) is 0 Å². The lowest BCUT2D eigenvalue weighted by Crippen LogP contribution is -2.37. The predicted octanol–water partition coefficient (Wildman–Crippen LogP) is 2.83. The average molecular weight is 501 g/mol. The maximum absolute atomic E-state index is 12.5. The van der Waals surface area contributed by atoms with Crippen molar-refractivity contribution in [2.24, 2.45) is 5.10 Å². The van der Waals surface area contributed by atoms with Gasteiger partial charge < -0.3 is 14.6 Å². The third-order valence-electron chi connectivity index (χ3n) is 5.25. The number of likely N-dealkylation sites (tertiary alicyclic amines) is 1. The lowest BCUT2D eigenvalue weighted by Gasteiger charge is -2.21. The Morgan fingerprint density at radius 3 is 2.03 bits per heavy atom. The second kappa shape index (κ2) is 11.7. The molecular formula is C22H23N5O9. The molecular weight excluding hydrogens is 478 g/mol. The summed E-state index contributed by atoms with van der Waals surface area (Å²) in [5, 5.41) is 36.3. The number of nitrogens with zero attached hydrogens (tertiary/aromatic N) is 5. The summed E-state index contributed by atoms with van der Waals surface area (Å²) in [5.41, 5.74) is 0.933. The molecule has 0 aromatic heterocycles. The van der Waals surface area contributed by atoms with Crippen LogP contribution < -0.4 is 0 Å². The number of carbonyl (C=O) groups excluding carboxylic acids is 2. The standard InChI is InChI=1S/C22H23N5O9/c1-24(21(29)35-13-15-2-6-17(7-3-15)26(31)32)23-11-19-10-20(28)12-25(19)22(30)36-14-16-4-8-18(9-5-16)27(33)34/h2-9,11,19-20,28H,10,12-14H2,1H3/t19-,20+/m0/s1. The van der Waals surface area contributed by atoms with E-state index >= 15 is 0 Å². The largest absolute Gasteiger partial charge is 0.445 e. The first kappa shape index (κ1) is 26.0. The molecule has 0 unspecified atom stereocenters. The molecule has 2 aromatic carbocycles. The van der Waals surface area contributed by atoms with Gasteiger partial charge in [0.1, 0.15) is 13.2 Å². The van der Waals surface area contributed by atoms with Gasteiger partial charge in [-0.05, 0) is 35.4 Å². The third-order valence-corrected chi connectivity index (χ3v) is 5.25. The van der Waals surface area contributed by atoms with E-state index in [0.29, 0.717) is 11.1 Å². The number of nitro groups is 2. The van der Waals surface area contributed by atoms with Gasteiger partial charge in [0, 0.05) is 43.9 Å². The molecule has 14 heteroatoms. The molecule has 0 aliphatic carbocycles. The number of hydrogen-bond acceptors (Lipinski definition) is 10. The van der Waals surface area contributed by atoms with Crippen LogP contribution in [0.5, 0.6) is 0 Å². The molecule has 2 aromatic rings. The van der Waals surface area contributed by atoms with Crippen molar-refractivity contribution in [3.8, 4) is 0 Å². The third kappa shape index (κ3) is 6.96. The molecule has 2 amide bonds. The Labute approximate surface area is 204 Å². The second-order valence-electron chi connectivity index (χ2n) is 7.85. The number of hydrogen-bond donors (Lipinski definition) is 1. The highest BCUT2D eigenvalue weighted by molar-refractivity contribution is 5.77. The van der Waals surface area contributed by atoms with Crippen LogP contribution in [0.3, 0.4) is 0 Å². The van der Waals surface area contributed by atoms with Gasteiger partial charge >= 0.3 is 12.2 Å². The Morgan fingerprint density at radius 2 is 1.53 bits per heavy atom. The molecule has 1 aliphatic heterocycles. The van der Waals surface area contributed by atoms with Crippen LogP contribution in [0, 0.1) is 20.2 Å². The molecule has 1 saturated heterocycles. The van der Waals surface area contributed by atoms with E-state index in [0.717, 1.165) is 5.01 Å². The smallest absolute Gasteiger partial charge is 0.430 e. The van der Waals surface area contributed by atoms with Crippen LogP contribution in [0.25, 0.3) is 0 Å². The van der Waals surface area contributed by atoms with Crippen molar-refractivity contribution in [3.05, 3.63) is 79.9 Å². The molecule has 0 bridgehead atoms. The van der Waals surface area contributed by atoms with Crippen LogP contribution >= 0.6 is 0 Å². The average Bonchev–Trinajstić information content (AvgIpc) is 3.25. The molecule has 0 radical (unpaired) electrons. The van der Waals surface area contributed by atoms with E-state index in [9.17, 15) is 34.9 Å². The second-order valence-corrected chi connectivity index (χ2v) is 7.85. The zero-order chi connectivity index (χ0) is 26.2. The molecule has 190 valence electrons. The van der Waals surface area contributed by atoms with Gasteiger partial charge in [-0.25, -0.2) is 14.6 Å². The number of β-amino-alcohol motifs (C(OH)–C–C–N with tert-alkyl or cyclic N) is 1. The fourth-order valence-corrected chi connectivity index (χ4v) is 3.31. The molecule has 3 rings (SSSR count). The number of ether oxygens (including phenoxy) is 2. The van der Waals surface area contributed by atoms with Crippen LogP contribution in [0.4, 0.5) is 21.0 Å². The first-order valence-electron chi connectivity index (χ1n) is 10.7. The minimum absolute atomic E-state index is 0.00405. The normalized spacial score (nSPS) is 17.1. The summed E-state index contributed by atoms with van der Waals surface area (Å²) >= 11 is 0. The van der Waals surface area contributed by atoms with Gasteiger partial charge in [-0.3, -0.25) is 25.1 Å². The van der Waals surface area contributed by atoms with E-state index in [1.165, 1.54) is 66.7 Å². The summed E-state index contributed by atoms with van der Waals surface area (Å²) in [5.74, 6) is 0. The zero-order valence-corrected chi connectivity index (χ0v) is 19.1. The zero-order valence-electron chi connectivity index (χ0n) is 19.1. The Kier molecular flexibility index (Phi) is 8.46. The first-order valence-corrected chi connectivity index (χ1v) is 10.7. The summed E-state index contributed by atoms with van der Waals surface area (Å²) in [7, 11) is 1.34. The SMILES string of the molecule is CN(N=C[C@@H]1C[C@@H](O)CN1C(=O)OCc1ccc([N+](=O)[O-])cc1)C(=O)OCc1ccc([N+](=O)[O-])cc1. The molecule has 1 aliphatic rings. The summed E-state index contributed by atoms with van der Waals surface area (Å²) in [6.45, 7) is -0.244. The molecule has 1 N–H and O–H groups in total. The van der Waals surface area contributed by atoms with Gasteiger partial charge in [-0.1, -0.05) is 0 Å². The Bertz CT molecular complexity index is 1140. The Balaban J connectivity index is 1.51. The Hall–Kier alpha value is -4.59. The maximum atomic E-state index is 12.5. The van der Waals surface area contributed by atoms with Gasteiger partial charge in [-0.2, -0.15) is 5.10 Å². The number of aliphatic hydroxyl groups is 1. The van der Waals surface area contributed by atoms with E-state index in [2.05, 4.69) is 5.10 Å². The van der Waals surface area contributed by atoms with Crippen LogP contribution in [-0.2, 0) is 22.7 Å². The van der Waals surface area contributed by atoms with Crippen molar-refractivity contribution < 1.29 is 34.0 Å². The number of amides is 2. The molecule has 0 spiro atoms. The lowest BCUT2D eigenvalue weighted by molar-refractivity contribution is -0.385. The van der Waals surface area contributed by atoms with Gasteiger partial charge in [0.05, 0.1) is 28.5 Å². The number of non-ortho nitro benzene ring substituents is 2. The quantitative estimate of drug-likeness (QED) is 0.323. The Morgan fingerprint density at radius 1 is 1.03 bits per heavy atom. The number of carbonyl (C=O) groups is 2. The van der Waals surface area contributed by atoms with E-state index in [4.69, 9.17) is 9.47 Å². The predicted molar refractivity (Wildman–Crippen MR) is 124 cm³/mol. The summed E-state index contributed by atoms with van der Waals surface area (Å²) in [4.78, 5) is 46.3. The van der Waals surface area contributed by atoms with E-state index in [1.807, 2.05) is 0 Å². The number of hydrazone groups is 1.